The molecule has 0 heterocycles. The van der Waals surface area contributed by atoms with Gasteiger partial charge in [0.15, 0.2) is 0 Å². The Kier molecular flexibility index (Phi) is 6.10. The van der Waals surface area contributed by atoms with Crippen LogP contribution in [0.3, 0.4) is 0 Å². The summed E-state index contributed by atoms with van der Waals surface area (Å²) in [5.74, 6) is 0. The molecular weight excluding hydrogens is 416 g/mol. The van der Waals surface area contributed by atoms with E-state index in [0.29, 0.717) is 13.2 Å². The molecule has 2 aromatic carbocycles. The molecule has 0 aromatic heterocycles. The van der Waals surface area contributed by atoms with Gasteiger partial charge in [0.1, 0.15) is 0 Å². The molecule has 0 spiro atoms. The first-order valence-electron chi connectivity index (χ1n) is 7.81. The lowest BCUT2D eigenvalue weighted by molar-refractivity contribution is 0.0634. The summed E-state index contributed by atoms with van der Waals surface area (Å²) < 4.78 is 8.32. The van der Waals surface area contributed by atoms with Gasteiger partial charge in [0, 0.05) is 19.8 Å². The number of ether oxygens (including phenoxy) is 1. The summed E-state index contributed by atoms with van der Waals surface area (Å²) in [7, 11) is 0. The highest BCUT2D eigenvalue weighted by Gasteiger charge is 2.25. The minimum absolute atomic E-state index is 0.00348. The van der Waals surface area contributed by atoms with Crippen molar-refractivity contribution in [1.82, 2.24) is 0 Å². The van der Waals surface area contributed by atoms with E-state index in [0.717, 1.165) is 8.95 Å². The van der Waals surface area contributed by atoms with Gasteiger partial charge >= 0.3 is 0 Å². The van der Waals surface area contributed by atoms with Crippen molar-refractivity contribution in [3.8, 4) is 0 Å². The van der Waals surface area contributed by atoms with Crippen LogP contribution in [0.1, 0.15) is 38.8 Å². The highest BCUT2D eigenvalue weighted by molar-refractivity contribution is 9.10. The molecule has 0 aliphatic rings. The van der Waals surface area contributed by atoms with E-state index in [4.69, 9.17) is 4.74 Å². The summed E-state index contributed by atoms with van der Waals surface area (Å²) in [4.78, 5) is 0. The molecule has 0 N–H and O–H groups in total. The lowest BCUT2D eigenvalue weighted by Crippen LogP contribution is -2.30. The van der Waals surface area contributed by atoms with Gasteiger partial charge in [0.05, 0.1) is 13.2 Å². The Labute approximate surface area is 156 Å². The molecule has 23 heavy (non-hydrogen) atoms. The topological polar surface area (TPSA) is 9.23 Å². The van der Waals surface area contributed by atoms with Crippen LogP contribution in [0, 0.1) is 0 Å². The smallest absolute Gasteiger partial charge is 0.0558 e. The van der Waals surface area contributed by atoms with Crippen LogP contribution in [0.5, 0.6) is 0 Å². The zero-order valence-corrected chi connectivity index (χ0v) is 17.4. The second-order valence-corrected chi connectivity index (χ2v) is 9.11. The van der Waals surface area contributed by atoms with Crippen LogP contribution in [-0.2, 0) is 15.6 Å². The van der Waals surface area contributed by atoms with Crippen molar-refractivity contribution in [2.45, 2.75) is 38.5 Å². The minimum atomic E-state index is -0.00348. The molecule has 1 nitrogen and oxygen atoms in total. The summed E-state index contributed by atoms with van der Waals surface area (Å²) in [5, 5.41) is 0. The maximum absolute atomic E-state index is 6.11. The molecule has 2 aromatic rings. The van der Waals surface area contributed by atoms with Crippen molar-refractivity contribution in [2.24, 2.45) is 0 Å². The normalized spacial score (nSPS) is 12.4. The SMILES string of the molecule is CC(C)(COCC(C)(C)c1ccc(Br)cc1)c1ccc(Br)cc1. The van der Waals surface area contributed by atoms with E-state index in [1.807, 2.05) is 0 Å². The Morgan fingerprint density at radius 1 is 0.652 bits per heavy atom. The third kappa shape index (κ3) is 5.17. The van der Waals surface area contributed by atoms with E-state index in [-0.39, 0.29) is 10.8 Å². The quantitative estimate of drug-likeness (QED) is 0.500. The monoisotopic (exact) mass is 438 g/mol. The number of halogens is 2. The molecule has 0 saturated carbocycles. The standard InChI is InChI=1S/C20H24Br2O/c1-19(2,15-5-9-17(21)10-6-15)13-23-14-20(3,4)16-7-11-18(22)12-8-16/h5-12H,13-14H2,1-4H3. The van der Waals surface area contributed by atoms with Crippen molar-refractivity contribution in [1.29, 1.82) is 0 Å². The minimum Gasteiger partial charge on any atom is -0.380 e. The van der Waals surface area contributed by atoms with Gasteiger partial charge in [0.25, 0.3) is 0 Å². The first kappa shape index (κ1) is 18.7. The molecular formula is C20H24Br2O. The van der Waals surface area contributed by atoms with Crippen LogP contribution in [-0.4, -0.2) is 13.2 Å². The van der Waals surface area contributed by atoms with Gasteiger partial charge in [-0.2, -0.15) is 0 Å². The maximum Gasteiger partial charge on any atom is 0.0558 e. The van der Waals surface area contributed by atoms with Crippen LogP contribution in [0.4, 0.5) is 0 Å². The number of benzene rings is 2. The molecule has 0 bridgehead atoms. The number of hydrogen-bond donors (Lipinski definition) is 0. The summed E-state index contributed by atoms with van der Waals surface area (Å²) in [6, 6.07) is 17.0. The predicted octanol–water partition coefficient (Wildman–Crippen LogP) is 6.48. The summed E-state index contributed by atoms with van der Waals surface area (Å²) in [6.07, 6.45) is 0. The van der Waals surface area contributed by atoms with Gasteiger partial charge in [0.2, 0.25) is 0 Å². The summed E-state index contributed by atoms with van der Waals surface area (Å²) >= 11 is 6.97. The van der Waals surface area contributed by atoms with Crippen LogP contribution < -0.4 is 0 Å². The van der Waals surface area contributed by atoms with Gasteiger partial charge in [-0.15, -0.1) is 0 Å². The van der Waals surface area contributed by atoms with Gasteiger partial charge < -0.3 is 4.74 Å². The fourth-order valence-corrected chi connectivity index (χ4v) is 3.06. The molecule has 0 aliphatic carbocycles. The summed E-state index contributed by atoms with van der Waals surface area (Å²) in [6.45, 7) is 10.3. The van der Waals surface area contributed by atoms with E-state index >= 15 is 0 Å². The molecule has 124 valence electrons. The largest absolute Gasteiger partial charge is 0.380 e. The lowest BCUT2D eigenvalue weighted by atomic mass is 9.84. The first-order chi connectivity index (χ1) is 10.7. The van der Waals surface area contributed by atoms with Crippen LogP contribution in [0.15, 0.2) is 57.5 Å². The molecule has 2 rings (SSSR count). The van der Waals surface area contributed by atoms with Crippen molar-refractivity contribution >= 4 is 31.9 Å². The number of hydrogen-bond acceptors (Lipinski definition) is 1. The molecule has 0 amide bonds. The van der Waals surface area contributed by atoms with Gasteiger partial charge in [-0.1, -0.05) is 83.8 Å². The van der Waals surface area contributed by atoms with Crippen molar-refractivity contribution in [3.63, 3.8) is 0 Å². The van der Waals surface area contributed by atoms with Crippen LogP contribution >= 0.6 is 31.9 Å². The maximum atomic E-state index is 6.11. The predicted molar refractivity (Wildman–Crippen MR) is 105 cm³/mol. The Morgan fingerprint density at radius 3 is 1.26 bits per heavy atom. The Balaban J connectivity index is 1.97. The molecule has 0 fully saturated rings. The second-order valence-electron chi connectivity index (χ2n) is 7.27. The zero-order chi connectivity index (χ0) is 17.1. The molecule has 0 atom stereocenters. The zero-order valence-electron chi connectivity index (χ0n) is 14.2. The fraction of sp³-hybridized carbons (Fsp3) is 0.400. The summed E-state index contributed by atoms with van der Waals surface area (Å²) in [5.41, 5.74) is 2.58. The highest BCUT2D eigenvalue weighted by Crippen LogP contribution is 2.28. The van der Waals surface area contributed by atoms with E-state index in [2.05, 4.69) is 108 Å². The van der Waals surface area contributed by atoms with Crippen molar-refractivity contribution in [3.05, 3.63) is 68.6 Å². The molecule has 0 radical (unpaired) electrons. The van der Waals surface area contributed by atoms with Crippen LogP contribution in [0.2, 0.25) is 0 Å². The Hall–Kier alpha value is -0.640. The average molecular weight is 440 g/mol. The molecule has 0 saturated heterocycles. The van der Waals surface area contributed by atoms with Crippen molar-refractivity contribution in [2.75, 3.05) is 13.2 Å². The van der Waals surface area contributed by atoms with Crippen molar-refractivity contribution < 1.29 is 4.74 Å². The Bertz CT molecular complexity index is 570. The van der Waals surface area contributed by atoms with Gasteiger partial charge in [-0.05, 0) is 35.4 Å². The highest BCUT2D eigenvalue weighted by atomic mass is 79.9. The molecule has 3 heteroatoms. The average Bonchev–Trinajstić information content (AvgIpc) is 2.47. The van der Waals surface area contributed by atoms with E-state index in [1.54, 1.807) is 0 Å². The molecule has 0 aliphatic heterocycles. The third-order valence-corrected chi connectivity index (χ3v) is 5.23. The van der Waals surface area contributed by atoms with E-state index in [9.17, 15) is 0 Å². The Morgan fingerprint density at radius 2 is 0.957 bits per heavy atom. The molecule has 0 unspecified atom stereocenters. The lowest BCUT2D eigenvalue weighted by Gasteiger charge is -2.30. The van der Waals surface area contributed by atoms with E-state index in [1.165, 1.54) is 11.1 Å². The van der Waals surface area contributed by atoms with E-state index < -0.39 is 0 Å². The van der Waals surface area contributed by atoms with Gasteiger partial charge in [-0.3, -0.25) is 0 Å². The first-order valence-corrected chi connectivity index (χ1v) is 9.39. The van der Waals surface area contributed by atoms with Crippen LogP contribution in [0.25, 0.3) is 0 Å². The second kappa shape index (κ2) is 7.50. The fourth-order valence-electron chi connectivity index (χ4n) is 2.53. The van der Waals surface area contributed by atoms with Gasteiger partial charge in [-0.25, -0.2) is 0 Å². The number of rotatable bonds is 6. The third-order valence-electron chi connectivity index (χ3n) is 4.18.